The van der Waals surface area contributed by atoms with Crippen molar-refractivity contribution in [3.63, 3.8) is 0 Å². The number of nitrogens with two attached hydrogens (primary N) is 1. The summed E-state index contributed by atoms with van der Waals surface area (Å²) in [6.45, 7) is 0. The number of carbonyl (C=O) groups excluding carboxylic acids is 1. The Morgan fingerprint density at radius 3 is 2.89 bits per heavy atom. The van der Waals surface area contributed by atoms with Crippen LogP contribution in [0, 0.1) is 0 Å². The van der Waals surface area contributed by atoms with E-state index in [1.165, 1.54) is 0 Å². The number of anilines is 2. The number of nitrogen functional groups attached to an aromatic ring is 1. The van der Waals surface area contributed by atoms with Crippen molar-refractivity contribution in [2.24, 2.45) is 0 Å². The summed E-state index contributed by atoms with van der Waals surface area (Å²) in [5, 5.41) is 9.57. The smallest absolute Gasteiger partial charge is 0.278 e. The van der Waals surface area contributed by atoms with E-state index in [1.807, 2.05) is 0 Å². The quantitative estimate of drug-likeness (QED) is 0.755. The molecule has 0 radical (unpaired) electrons. The Morgan fingerprint density at radius 2 is 2.26 bits per heavy atom. The van der Waals surface area contributed by atoms with Gasteiger partial charge < -0.3 is 11.1 Å². The zero-order valence-corrected chi connectivity index (χ0v) is 11.6. The van der Waals surface area contributed by atoms with Crippen LogP contribution in [0.1, 0.15) is 34.9 Å². The Kier molecular flexibility index (Phi) is 2.98. The number of hydrogen-bond donors (Lipinski definition) is 3. The van der Waals surface area contributed by atoms with Crippen LogP contribution in [0.2, 0.25) is 0 Å². The van der Waals surface area contributed by atoms with Crippen LogP contribution < -0.4 is 11.1 Å². The number of carbonyl (C=O) groups is 1. The highest BCUT2D eigenvalue weighted by molar-refractivity contribution is 9.10. The first-order valence-electron chi connectivity index (χ1n) is 5.92. The van der Waals surface area contributed by atoms with Crippen LogP contribution in [-0.4, -0.2) is 21.1 Å². The monoisotopic (exact) mass is 321 g/mol. The maximum Gasteiger partial charge on any atom is 0.278 e. The molecular formula is C12H12BrN5O. The van der Waals surface area contributed by atoms with Crippen molar-refractivity contribution in [3.05, 3.63) is 34.3 Å². The van der Waals surface area contributed by atoms with Gasteiger partial charge in [0.05, 0.1) is 23.3 Å². The van der Waals surface area contributed by atoms with Gasteiger partial charge in [-0.1, -0.05) is 0 Å². The average Bonchev–Trinajstić information content (AvgIpc) is 3.15. The molecule has 2 aromatic heterocycles. The molecule has 0 saturated heterocycles. The zero-order chi connectivity index (χ0) is 13.4. The molecule has 1 aliphatic rings. The second-order valence-electron chi connectivity index (χ2n) is 4.50. The Bertz CT molecular complexity index is 618. The second-order valence-corrected chi connectivity index (χ2v) is 5.31. The summed E-state index contributed by atoms with van der Waals surface area (Å²) in [5.41, 5.74) is 8.11. The SMILES string of the molecule is Nc1c(C(=O)Nc2ccc(Br)nc2)n[nH]c1C1CC1. The predicted octanol–water partition coefficient (Wildman–Crippen LogP) is 2.28. The maximum absolute atomic E-state index is 12.1. The molecular weight excluding hydrogens is 310 g/mol. The Balaban J connectivity index is 1.78. The van der Waals surface area contributed by atoms with Gasteiger partial charge in [-0.2, -0.15) is 5.10 Å². The summed E-state index contributed by atoms with van der Waals surface area (Å²) in [6, 6.07) is 3.50. The molecule has 6 nitrogen and oxygen atoms in total. The fourth-order valence-electron chi connectivity index (χ4n) is 1.86. The number of amides is 1. The summed E-state index contributed by atoms with van der Waals surface area (Å²) in [6.07, 6.45) is 3.76. The molecule has 3 rings (SSSR count). The van der Waals surface area contributed by atoms with Gasteiger partial charge in [0.2, 0.25) is 0 Å². The minimum Gasteiger partial charge on any atom is -0.395 e. The summed E-state index contributed by atoms with van der Waals surface area (Å²) in [5.74, 6) is 0.105. The van der Waals surface area contributed by atoms with Crippen molar-refractivity contribution in [3.8, 4) is 0 Å². The number of aromatic nitrogens is 3. The number of halogens is 1. The van der Waals surface area contributed by atoms with Gasteiger partial charge in [-0.3, -0.25) is 9.89 Å². The molecule has 7 heteroatoms. The number of pyridine rings is 1. The summed E-state index contributed by atoms with van der Waals surface area (Å²) >= 11 is 3.23. The first-order valence-corrected chi connectivity index (χ1v) is 6.71. The van der Waals surface area contributed by atoms with Crippen LogP contribution in [0.5, 0.6) is 0 Å². The molecule has 98 valence electrons. The molecule has 19 heavy (non-hydrogen) atoms. The molecule has 0 aliphatic heterocycles. The van der Waals surface area contributed by atoms with Gasteiger partial charge in [-0.15, -0.1) is 0 Å². The number of rotatable bonds is 3. The van der Waals surface area contributed by atoms with Gasteiger partial charge in [-0.05, 0) is 40.9 Å². The predicted molar refractivity (Wildman–Crippen MR) is 74.9 cm³/mol. The topological polar surface area (TPSA) is 96.7 Å². The molecule has 1 amide bonds. The van der Waals surface area contributed by atoms with E-state index in [0.29, 0.717) is 21.9 Å². The molecule has 0 spiro atoms. The molecule has 2 heterocycles. The van der Waals surface area contributed by atoms with Gasteiger partial charge in [0.25, 0.3) is 5.91 Å². The lowest BCUT2D eigenvalue weighted by Crippen LogP contribution is -2.14. The number of hydrogen-bond acceptors (Lipinski definition) is 4. The van der Waals surface area contributed by atoms with Crippen LogP contribution in [0.4, 0.5) is 11.4 Å². The molecule has 1 fully saturated rings. The third kappa shape index (κ3) is 2.46. The van der Waals surface area contributed by atoms with Crippen LogP contribution in [0.3, 0.4) is 0 Å². The van der Waals surface area contributed by atoms with Crippen molar-refractivity contribution in [2.75, 3.05) is 11.1 Å². The Labute approximate surface area is 117 Å². The van der Waals surface area contributed by atoms with Crippen molar-refractivity contribution >= 4 is 33.2 Å². The zero-order valence-electron chi connectivity index (χ0n) is 9.98. The lowest BCUT2D eigenvalue weighted by Gasteiger charge is -2.03. The molecule has 4 N–H and O–H groups in total. The summed E-state index contributed by atoms with van der Waals surface area (Å²) in [7, 11) is 0. The number of nitrogens with one attached hydrogen (secondary N) is 2. The second kappa shape index (κ2) is 4.65. The molecule has 0 aromatic carbocycles. The van der Waals surface area contributed by atoms with Gasteiger partial charge in [0.15, 0.2) is 5.69 Å². The number of aromatic amines is 1. The Hall–Kier alpha value is -1.89. The maximum atomic E-state index is 12.1. The lowest BCUT2D eigenvalue weighted by molar-refractivity contribution is 0.102. The molecule has 0 bridgehead atoms. The normalized spacial score (nSPS) is 14.4. The van der Waals surface area contributed by atoms with Crippen LogP contribution in [0.15, 0.2) is 22.9 Å². The van der Waals surface area contributed by atoms with E-state index in [4.69, 9.17) is 5.73 Å². The van der Waals surface area contributed by atoms with Gasteiger partial charge >= 0.3 is 0 Å². The van der Waals surface area contributed by atoms with Crippen molar-refractivity contribution < 1.29 is 4.79 Å². The fraction of sp³-hybridized carbons (Fsp3) is 0.250. The standard InChI is InChI=1S/C12H12BrN5O/c13-8-4-3-7(5-15-8)16-12(19)11-9(14)10(17-18-11)6-1-2-6/h3-6H,1-2,14H2,(H,16,19)(H,17,18). The third-order valence-corrected chi connectivity index (χ3v) is 3.49. The van der Waals surface area contributed by atoms with E-state index in [-0.39, 0.29) is 11.6 Å². The number of nitrogens with zero attached hydrogens (tertiary/aromatic N) is 2. The van der Waals surface area contributed by atoms with Crippen LogP contribution >= 0.6 is 15.9 Å². The lowest BCUT2D eigenvalue weighted by atomic mass is 10.2. The fourth-order valence-corrected chi connectivity index (χ4v) is 2.10. The largest absolute Gasteiger partial charge is 0.395 e. The summed E-state index contributed by atoms with van der Waals surface area (Å²) < 4.78 is 0.709. The van der Waals surface area contributed by atoms with E-state index in [1.54, 1.807) is 18.3 Å². The highest BCUT2D eigenvalue weighted by Crippen LogP contribution is 2.42. The molecule has 1 saturated carbocycles. The van der Waals surface area contributed by atoms with Crippen LogP contribution in [0.25, 0.3) is 0 Å². The third-order valence-electron chi connectivity index (χ3n) is 3.02. The first-order chi connectivity index (χ1) is 9.15. The molecule has 0 atom stereocenters. The van der Waals surface area contributed by atoms with E-state index < -0.39 is 0 Å². The average molecular weight is 322 g/mol. The number of H-pyrrole nitrogens is 1. The molecule has 0 unspecified atom stereocenters. The van der Waals surface area contributed by atoms with Crippen LogP contribution in [-0.2, 0) is 0 Å². The minimum absolute atomic E-state index is 0.241. The molecule has 1 aliphatic carbocycles. The highest BCUT2D eigenvalue weighted by atomic mass is 79.9. The first kappa shape index (κ1) is 12.2. The summed E-state index contributed by atoms with van der Waals surface area (Å²) in [4.78, 5) is 16.1. The van der Waals surface area contributed by atoms with Gasteiger partial charge in [-0.25, -0.2) is 4.98 Å². The van der Waals surface area contributed by atoms with Crippen molar-refractivity contribution in [2.45, 2.75) is 18.8 Å². The molecule has 2 aromatic rings. The van der Waals surface area contributed by atoms with E-state index in [2.05, 4.69) is 36.4 Å². The highest BCUT2D eigenvalue weighted by Gasteiger charge is 2.30. The van der Waals surface area contributed by atoms with Crippen molar-refractivity contribution in [1.29, 1.82) is 0 Å². The van der Waals surface area contributed by atoms with Crippen molar-refractivity contribution in [1.82, 2.24) is 15.2 Å². The van der Waals surface area contributed by atoms with E-state index >= 15 is 0 Å². The Morgan fingerprint density at radius 1 is 1.47 bits per heavy atom. The minimum atomic E-state index is -0.329. The van der Waals surface area contributed by atoms with Gasteiger partial charge in [0.1, 0.15) is 4.60 Å². The van der Waals surface area contributed by atoms with Gasteiger partial charge in [0, 0.05) is 5.92 Å². The van der Waals surface area contributed by atoms with E-state index in [0.717, 1.165) is 18.5 Å². The van der Waals surface area contributed by atoms with E-state index in [9.17, 15) is 4.79 Å².